The number of alkyl halides is 2. The molecular weight excluding hydrogens is 322 g/mol. The van der Waals surface area contributed by atoms with Crippen LogP contribution in [0.5, 0.6) is 11.5 Å². The smallest absolute Gasteiger partial charge is 0.326 e. The minimum atomic E-state index is -3.19. The minimum Gasteiger partial charge on any atom is -0.493 e. The number of ether oxygens (including phenoxy) is 3. The second-order valence-electron chi connectivity index (χ2n) is 6.10. The van der Waals surface area contributed by atoms with Crippen molar-refractivity contribution in [2.45, 2.75) is 26.7 Å². The molecule has 24 heavy (non-hydrogen) atoms. The van der Waals surface area contributed by atoms with Gasteiger partial charge in [-0.3, -0.25) is 9.59 Å². The van der Waals surface area contributed by atoms with Crippen LogP contribution in [0.2, 0.25) is 0 Å². The Morgan fingerprint density at radius 3 is 2.42 bits per heavy atom. The summed E-state index contributed by atoms with van der Waals surface area (Å²) in [6, 6.07) is 2.83. The van der Waals surface area contributed by atoms with Gasteiger partial charge in [0.25, 0.3) is 6.43 Å². The molecule has 7 heteroatoms. The Morgan fingerprint density at radius 1 is 1.25 bits per heavy atom. The van der Waals surface area contributed by atoms with Crippen molar-refractivity contribution in [2.24, 2.45) is 11.3 Å². The first-order valence-corrected chi connectivity index (χ1v) is 7.53. The third kappa shape index (κ3) is 2.72. The summed E-state index contributed by atoms with van der Waals surface area (Å²) >= 11 is 0. The van der Waals surface area contributed by atoms with E-state index < -0.39 is 30.0 Å². The lowest BCUT2D eigenvalue weighted by atomic mass is 9.84. The third-order valence-electron chi connectivity index (χ3n) is 4.04. The number of hydrogen-bond donors (Lipinski definition) is 0. The molecule has 1 aromatic carbocycles. The van der Waals surface area contributed by atoms with Gasteiger partial charge < -0.3 is 14.2 Å². The number of benzene rings is 1. The fraction of sp³-hybridized carbons (Fsp3) is 0.529. The van der Waals surface area contributed by atoms with E-state index in [-0.39, 0.29) is 29.4 Å². The molecule has 132 valence electrons. The molecule has 0 N–H and O–H groups in total. The molecule has 5 nitrogen and oxygen atoms in total. The molecule has 0 bridgehead atoms. The first kappa shape index (κ1) is 18.2. The molecule has 1 atom stereocenters. The average Bonchev–Trinajstić information content (AvgIpc) is 2.85. The number of ketones is 1. The Balaban J connectivity index is 2.50. The van der Waals surface area contributed by atoms with Gasteiger partial charge in [-0.2, -0.15) is 0 Å². The van der Waals surface area contributed by atoms with Gasteiger partial charge in [-0.05, 0) is 18.1 Å². The predicted octanol–water partition coefficient (Wildman–Crippen LogP) is 2.89. The summed E-state index contributed by atoms with van der Waals surface area (Å²) in [6.07, 6.45) is -3.66. The SMILES string of the molecule is COc1ccc2c(c1OC)CC(C(=O)OCC(C)C)(C(F)F)C2=O. The van der Waals surface area contributed by atoms with E-state index in [2.05, 4.69) is 0 Å². The summed E-state index contributed by atoms with van der Waals surface area (Å²) in [4.78, 5) is 25.0. The molecule has 1 unspecified atom stereocenters. The molecule has 0 saturated carbocycles. The van der Waals surface area contributed by atoms with E-state index in [4.69, 9.17) is 14.2 Å². The van der Waals surface area contributed by atoms with Crippen LogP contribution in [0.15, 0.2) is 12.1 Å². The zero-order chi connectivity index (χ0) is 18.1. The number of carbonyl (C=O) groups excluding carboxylic acids is 2. The van der Waals surface area contributed by atoms with Crippen LogP contribution in [-0.4, -0.2) is 39.0 Å². The van der Waals surface area contributed by atoms with Crippen molar-refractivity contribution in [1.29, 1.82) is 0 Å². The Morgan fingerprint density at radius 2 is 1.92 bits per heavy atom. The Kier molecular flexibility index (Phi) is 5.11. The lowest BCUT2D eigenvalue weighted by molar-refractivity contribution is -0.161. The Bertz CT molecular complexity index is 657. The van der Waals surface area contributed by atoms with Crippen LogP contribution in [-0.2, 0) is 16.0 Å². The predicted molar refractivity (Wildman–Crippen MR) is 81.8 cm³/mol. The van der Waals surface area contributed by atoms with Gasteiger partial charge in [0, 0.05) is 17.5 Å². The topological polar surface area (TPSA) is 61.8 Å². The molecule has 1 aliphatic carbocycles. The summed E-state index contributed by atoms with van der Waals surface area (Å²) in [5.41, 5.74) is -2.25. The zero-order valence-corrected chi connectivity index (χ0v) is 14.0. The van der Waals surface area contributed by atoms with Crippen molar-refractivity contribution in [3.8, 4) is 11.5 Å². The summed E-state index contributed by atoms with van der Waals surface area (Å²) in [7, 11) is 2.75. The maximum absolute atomic E-state index is 13.8. The fourth-order valence-corrected chi connectivity index (χ4v) is 2.78. The third-order valence-corrected chi connectivity index (χ3v) is 4.04. The van der Waals surface area contributed by atoms with E-state index in [0.717, 1.165) is 0 Å². The normalized spacial score (nSPS) is 19.6. The van der Waals surface area contributed by atoms with Gasteiger partial charge >= 0.3 is 5.97 Å². The number of esters is 1. The van der Waals surface area contributed by atoms with E-state index in [1.165, 1.54) is 26.4 Å². The van der Waals surface area contributed by atoms with Crippen LogP contribution in [0.4, 0.5) is 8.78 Å². The van der Waals surface area contributed by atoms with E-state index in [0.29, 0.717) is 5.75 Å². The lowest BCUT2D eigenvalue weighted by Crippen LogP contribution is -2.45. The molecule has 0 amide bonds. The molecule has 0 fully saturated rings. The summed E-state index contributed by atoms with van der Waals surface area (Å²) in [5, 5.41) is 0. The first-order chi connectivity index (χ1) is 11.3. The molecule has 0 saturated heterocycles. The van der Waals surface area contributed by atoms with Crippen LogP contribution < -0.4 is 9.47 Å². The second-order valence-corrected chi connectivity index (χ2v) is 6.10. The van der Waals surface area contributed by atoms with Gasteiger partial charge in [0.05, 0.1) is 20.8 Å². The van der Waals surface area contributed by atoms with Crippen molar-refractivity contribution in [2.75, 3.05) is 20.8 Å². The van der Waals surface area contributed by atoms with Crippen LogP contribution in [0.3, 0.4) is 0 Å². The molecule has 0 radical (unpaired) electrons. The monoisotopic (exact) mass is 342 g/mol. The van der Waals surface area contributed by atoms with Crippen LogP contribution in [0, 0.1) is 11.3 Å². The van der Waals surface area contributed by atoms with Gasteiger partial charge in [0.15, 0.2) is 22.7 Å². The van der Waals surface area contributed by atoms with Crippen LogP contribution in [0.25, 0.3) is 0 Å². The number of hydrogen-bond acceptors (Lipinski definition) is 5. The quantitative estimate of drug-likeness (QED) is 0.588. The van der Waals surface area contributed by atoms with Gasteiger partial charge in [-0.1, -0.05) is 13.8 Å². The van der Waals surface area contributed by atoms with E-state index in [1.807, 2.05) is 0 Å². The highest BCUT2D eigenvalue weighted by molar-refractivity contribution is 6.17. The minimum absolute atomic E-state index is 0.0304. The van der Waals surface area contributed by atoms with Gasteiger partial charge in [-0.15, -0.1) is 0 Å². The van der Waals surface area contributed by atoms with Gasteiger partial charge in [-0.25, -0.2) is 8.78 Å². The summed E-state index contributed by atoms with van der Waals surface area (Å²) < 4.78 is 42.9. The number of rotatable bonds is 6. The largest absolute Gasteiger partial charge is 0.493 e. The number of carbonyl (C=O) groups is 2. The number of halogens is 2. The first-order valence-electron chi connectivity index (χ1n) is 7.53. The summed E-state index contributed by atoms with van der Waals surface area (Å²) in [6.45, 7) is 3.53. The number of methoxy groups -OCH3 is 2. The molecule has 0 spiro atoms. The van der Waals surface area contributed by atoms with Crippen molar-refractivity contribution in [3.05, 3.63) is 23.3 Å². The second kappa shape index (κ2) is 6.75. The average molecular weight is 342 g/mol. The van der Waals surface area contributed by atoms with Crippen LogP contribution in [0.1, 0.15) is 29.8 Å². The highest BCUT2D eigenvalue weighted by Crippen LogP contribution is 2.48. The number of Topliss-reactive ketones (excluding diaryl/α,β-unsaturated/α-hetero) is 1. The van der Waals surface area contributed by atoms with Gasteiger partial charge in [0.1, 0.15) is 0 Å². The standard InChI is InChI=1S/C17H20F2O5/c1-9(2)8-24-16(21)17(15(18)19)7-11-10(14(17)20)5-6-12(22-3)13(11)23-4/h5-6,9,15H,7-8H2,1-4H3. The van der Waals surface area contributed by atoms with Crippen molar-refractivity contribution in [1.82, 2.24) is 0 Å². The lowest BCUT2D eigenvalue weighted by Gasteiger charge is -2.24. The Hall–Kier alpha value is -2.18. The van der Waals surface area contributed by atoms with E-state index in [1.54, 1.807) is 13.8 Å². The molecule has 1 aliphatic rings. The molecule has 0 heterocycles. The number of fused-ring (bicyclic) bond motifs is 1. The van der Waals surface area contributed by atoms with Crippen molar-refractivity contribution < 1.29 is 32.6 Å². The molecule has 2 rings (SSSR count). The zero-order valence-electron chi connectivity index (χ0n) is 14.0. The van der Waals surface area contributed by atoms with Crippen molar-refractivity contribution in [3.63, 3.8) is 0 Å². The Labute approximate surface area is 138 Å². The van der Waals surface area contributed by atoms with Gasteiger partial charge in [0.2, 0.25) is 0 Å². The van der Waals surface area contributed by atoms with Crippen LogP contribution >= 0.6 is 0 Å². The maximum atomic E-state index is 13.8. The fourth-order valence-electron chi connectivity index (χ4n) is 2.78. The van der Waals surface area contributed by atoms with E-state index >= 15 is 0 Å². The summed E-state index contributed by atoms with van der Waals surface area (Å²) in [5.74, 6) is -1.68. The van der Waals surface area contributed by atoms with E-state index in [9.17, 15) is 18.4 Å². The molecule has 0 aromatic heterocycles. The highest BCUT2D eigenvalue weighted by Gasteiger charge is 2.60. The maximum Gasteiger partial charge on any atom is 0.326 e. The molecule has 0 aliphatic heterocycles. The van der Waals surface area contributed by atoms with Crippen molar-refractivity contribution >= 4 is 11.8 Å². The molecular formula is C17H20F2O5. The molecule has 1 aromatic rings. The highest BCUT2D eigenvalue weighted by atomic mass is 19.3.